The molecule has 4 nitrogen and oxygen atoms in total. The lowest BCUT2D eigenvalue weighted by atomic mass is 9.92. The van der Waals surface area contributed by atoms with Gasteiger partial charge in [-0.25, -0.2) is 4.98 Å². The van der Waals surface area contributed by atoms with Crippen molar-refractivity contribution in [1.29, 1.82) is 0 Å². The Morgan fingerprint density at radius 1 is 1.29 bits per heavy atom. The molecule has 0 fully saturated rings. The molecular weight excluding hydrogens is 395 g/mol. The van der Waals surface area contributed by atoms with Crippen LogP contribution in [0, 0.1) is 5.41 Å². The van der Waals surface area contributed by atoms with Crippen molar-refractivity contribution < 1.29 is 0 Å². The van der Waals surface area contributed by atoms with Crippen molar-refractivity contribution in [2.75, 3.05) is 20.1 Å². The molecule has 0 aliphatic rings. The Balaban J connectivity index is 0.00000400. The number of nitrogens with zero attached hydrogens (tertiary/aromatic N) is 2. The maximum atomic E-state index is 4.42. The van der Waals surface area contributed by atoms with E-state index < -0.39 is 0 Å². The van der Waals surface area contributed by atoms with Gasteiger partial charge < -0.3 is 10.6 Å². The molecular formula is C15H29IN4S. The largest absolute Gasteiger partial charge is 0.356 e. The standard InChI is InChI=1S/C15H28N4S.HI/c1-6-12-11-19-13(20-12)7-9-17-14(16-5)18-10-8-15(2,3)4;/h11H,6-10H2,1-5H3,(H2,16,17,18);1H. The van der Waals surface area contributed by atoms with Gasteiger partial charge in [0.05, 0.1) is 5.01 Å². The van der Waals surface area contributed by atoms with Crippen molar-refractivity contribution in [2.24, 2.45) is 10.4 Å². The predicted octanol–water partition coefficient (Wildman–Crippen LogP) is 3.47. The number of aliphatic imine (C=N–C) groups is 1. The Hall–Kier alpha value is -0.370. The SMILES string of the molecule is CCc1cnc(CCNC(=NC)NCCC(C)(C)C)s1.I. The normalized spacial score (nSPS) is 12.0. The molecule has 1 aromatic rings. The average molecular weight is 424 g/mol. The highest BCUT2D eigenvalue weighted by Gasteiger charge is 2.09. The van der Waals surface area contributed by atoms with Crippen LogP contribution in [0.25, 0.3) is 0 Å². The molecule has 122 valence electrons. The summed E-state index contributed by atoms with van der Waals surface area (Å²) in [7, 11) is 1.81. The lowest BCUT2D eigenvalue weighted by Crippen LogP contribution is -2.39. The van der Waals surface area contributed by atoms with Gasteiger partial charge in [-0.15, -0.1) is 35.3 Å². The van der Waals surface area contributed by atoms with Crippen molar-refractivity contribution in [3.63, 3.8) is 0 Å². The van der Waals surface area contributed by atoms with Gasteiger partial charge in [0, 0.05) is 37.6 Å². The second-order valence-corrected chi connectivity index (χ2v) is 7.26. The van der Waals surface area contributed by atoms with Crippen LogP contribution >= 0.6 is 35.3 Å². The second-order valence-electron chi connectivity index (χ2n) is 6.06. The highest BCUT2D eigenvalue weighted by molar-refractivity contribution is 14.0. The maximum absolute atomic E-state index is 4.42. The molecule has 1 rings (SSSR count). The molecule has 0 aliphatic carbocycles. The Labute approximate surface area is 150 Å². The van der Waals surface area contributed by atoms with E-state index in [1.165, 1.54) is 9.88 Å². The second kappa shape index (κ2) is 10.4. The first kappa shape index (κ1) is 20.6. The first-order valence-corrected chi connectivity index (χ1v) is 8.14. The van der Waals surface area contributed by atoms with E-state index in [0.717, 1.165) is 38.3 Å². The summed E-state index contributed by atoms with van der Waals surface area (Å²) in [4.78, 5) is 10.0. The van der Waals surface area contributed by atoms with Gasteiger partial charge in [0.25, 0.3) is 0 Å². The Kier molecular flexibility index (Phi) is 10.2. The minimum Gasteiger partial charge on any atom is -0.356 e. The van der Waals surface area contributed by atoms with Crippen LogP contribution in [0.2, 0.25) is 0 Å². The molecule has 0 radical (unpaired) electrons. The summed E-state index contributed by atoms with van der Waals surface area (Å²) < 4.78 is 0. The average Bonchev–Trinajstić information content (AvgIpc) is 2.83. The zero-order valence-corrected chi connectivity index (χ0v) is 17.0. The van der Waals surface area contributed by atoms with Gasteiger partial charge in [0.1, 0.15) is 0 Å². The maximum Gasteiger partial charge on any atom is 0.190 e. The van der Waals surface area contributed by atoms with E-state index in [1.807, 2.05) is 13.2 Å². The molecule has 0 saturated carbocycles. The summed E-state index contributed by atoms with van der Waals surface area (Å²) in [5, 5.41) is 7.88. The summed E-state index contributed by atoms with van der Waals surface area (Å²) in [5.41, 5.74) is 0.350. The molecule has 0 atom stereocenters. The van der Waals surface area contributed by atoms with Crippen LogP contribution in [0.1, 0.15) is 44.0 Å². The fraction of sp³-hybridized carbons (Fsp3) is 0.733. The number of aryl methyl sites for hydroxylation is 1. The number of nitrogens with one attached hydrogen (secondary N) is 2. The zero-order valence-electron chi connectivity index (χ0n) is 13.8. The molecule has 21 heavy (non-hydrogen) atoms. The van der Waals surface area contributed by atoms with Gasteiger partial charge in [-0.1, -0.05) is 27.7 Å². The minimum atomic E-state index is 0. The number of aromatic nitrogens is 1. The van der Waals surface area contributed by atoms with Gasteiger partial charge in [-0.3, -0.25) is 4.99 Å². The van der Waals surface area contributed by atoms with Crippen molar-refractivity contribution >= 4 is 41.3 Å². The van der Waals surface area contributed by atoms with E-state index in [2.05, 4.69) is 48.3 Å². The highest BCUT2D eigenvalue weighted by atomic mass is 127. The number of thiazole rings is 1. The van der Waals surface area contributed by atoms with Crippen LogP contribution in [0.5, 0.6) is 0 Å². The van der Waals surface area contributed by atoms with E-state index in [1.54, 1.807) is 11.3 Å². The van der Waals surface area contributed by atoms with E-state index in [9.17, 15) is 0 Å². The fourth-order valence-electron chi connectivity index (χ4n) is 1.69. The van der Waals surface area contributed by atoms with Crippen molar-refractivity contribution in [3.05, 3.63) is 16.1 Å². The van der Waals surface area contributed by atoms with Gasteiger partial charge in [-0.05, 0) is 18.3 Å². The van der Waals surface area contributed by atoms with Crippen LogP contribution in [-0.2, 0) is 12.8 Å². The first-order valence-electron chi connectivity index (χ1n) is 7.32. The van der Waals surface area contributed by atoms with Crippen LogP contribution in [0.15, 0.2) is 11.2 Å². The Morgan fingerprint density at radius 2 is 1.95 bits per heavy atom. The number of hydrogen-bond acceptors (Lipinski definition) is 3. The number of guanidine groups is 1. The quantitative estimate of drug-likeness (QED) is 0.418. The third-order valence-corrected chi connectivity index (χ3v) is 4.17. The van der Waals surface area contributed by atoms with Crippen molar-refractivity contribution in [2.45, 2.75) is 47.0 Å². The van der Waals surface area contributed by atoms with Crippen molar-refractivity contribution in [3.8, 4) is 0 Å². The smallest absolute Gasteiger partial charge is 0.190 e. The Morgan fingerprint density at radius 3 is 2.48 bits per heavy atom. The lowest BCUT2D eigenvalue weighted by Gasteiger charge is -2.19. The van der Waals surface area contributed by atoms with Crippen LogP contribution in [0.3, 0.4) is 0 Å². The number of rotatable bonds is 6. The van der Waals surface area contributed by atoms with E-state index in [4.69, 9.17) is 0 Å². The van der Waals surface area contributed by atoms with E-state index in [0.29, 0.717) is 5.41 Å². The van der Waals surface area contributed by atoms with Gasteiger partial charge in [-0.2, -0.15) is 0 Å². The van der Waals surface area contributed by atoms with Crippen molar-refractivity contribution in [1.82, 2.24) is 15.6 Å². The van der Waals surface area contributed by atoms with Crippen LogP contribution < -0.4 is 10.6 Å². The summed E-state index contributed by atoms with van der Waals surface area (Å²) in [6.07, 6.45) is 5.13. The summed E-state index contributed by atoms with van der Waals surface area (Å²) in [5.74, 6) is 0.876. The van der Waals surface area contributed by atoms with Gasteiger partial charge >= 0.3 is 0 Å². The number of hydrogen-bond donors (Lipinski definition) is 2. The molecule has 0 spiro atoms. The molecule has 6 heteroatoms. The summed E-state index contributed by atoms with van der Waals surface area (Å²) in [6, 6.07) is 0. The monoisotopic (exact) mass is 424 g/mol. The first-order chi connectivity index (χ1) is 9.44. The molecule has 0 unspecified atom stereocenters. The van der Waals surface area contributed by atoms with Crippen LogP contribution in [0.4, 0.5) is 0 Å². The third-order valence-electron chi connectivity index (χ3n) is 2.97. The fourth-order valence-corrected chi connectivity index (χ4v) is 2.55. The summed E-state index contributed by atoms with van der Waals surface area (Å²) in [6.45, 7) is 10.7. The van der Waals surface area contributed by atoms with E-state index >= 15 is 0 Å². The highest BCUT2D eigenvalue weighted by Crippen LogP contribution is 2.16. The predicted molar refractivity (Wildman–Crippen MR) is 104 cm³/mol. The lowest BCUT2D eigenvalue weighted by molar-refractivity contribution is 0.377. The van der Waals surface area contributed by atoms with E-state index in [-0.39, 0.29) is 24.0 Å². The molecule has 0 bridgehead atoms. The number of halogens is 1. The third kappa shape index (κ3) is 9.29. The van der Waals surface area contributed by atoms with Gasteiger partial charge in [0.2, 0.25) is 0 Å². The minimum absolute atomic E-state index is 0. The summed E-state index contributed by atoms with van der Waals surface area (Å²) >= 11 is 1.80. The topological polar surface area (TPSA) is 49.3 Å². The van der Waals surface area contributed by atoms with Gasteiger partial charge in [0.15, 0.2) is 5.96 Å². The molecule has 2 N–H and O–H groups in total. The molecule has 0 amide bonds. The molecule has 1 aromatic heterocycles. The Bertz CT molecular complexity index is 424. The molecule has 0 aliphatic heterocycles. The molecule has 0 aromatic carbocycles. The molecule has 0 saturated heterocycles. The zero-order chi connectivity index (χ0) is 15.0. The van der Waals surface area contributed by atoms with Crippen LogP contribution in [-0.4, -0.2) is 31.1 Å². The molecule has 1 heterocycles.